The first-order chi connectivity index (χ1) is 9.60. The standard InChI is InChI=1S/C14H17BrF2N2O/c15-10-2-3-11(16)8(14(10)17)6-12(19-18)9-5-7-1-4-13(9)20-7/h2-3,7,9,12-13,19H,1,4-6,18H2. The molecule has 6 heteroatoms. The smallest absolute Gasteiger partial charge is 0.143 e. The molecule has 0 aromatic heterocycles. The van der Waals surface area contributed by atoms with Crippen molar-refractivity contribution in [3.8, 4) is 0 Å². The lowest BCUT2D eigenvalue weighted by atomic mass is 9.81. The van der Waals surface area contributed by atoms with Crippen LogP contribution < -0.4 is 11.3 Å². The molecule has 2 saturated heterocycles. The minimum atomic E-state index is -0.547. The Morgan fingerprint density at radius 1 is 1.40 bits per heavy atom. The topological polar surface area (TPSA) is 47.3 Å². The Balaban J connectivity index is 1.80. The van der Waals surface area contributed by atoms with E-state index in [4.69, 9.17) is 10.6 Å². The van der Waals surface area contributed by atoms with E-state index in [9.17, 15) is 8.78 Å². The SMILES string of the molecule is NNC(Cc1c(F)ccc(Br)c1F)C1CC2CCC1O2. The summed E-state index contributed by atoms with van der Waals surface area (Å²) in [6, 6.07) is 2.47. The van der Waals surface area contributed by atoms with Crippen molar-refractivity contribution in [1.29, 1.82) is 0 Å². The van der Waals surface area contributed by atoms with Gasteiger partial charge in [0.1, 0.15) is 11.6 Å². The molecule has 3 N–H and O–H groups in total. The van der Waals surface area contributed by atoms with E-state index < -0.39 is 11.6 Å². The van der Waals surface area contributed by atoms with Gasteiger partial charge in [0.2, 0.25) is 0 Å². The average Bonchev–Trinajstić information content (AvgIpc) is 3.06. The highest BCUT2D eigenvalue weighted by molar-refractivity contribution is 9.10. The Bertz CT molecular complexity index is 514. The van der Waals surface area contributed by atoms with Crippen molar-refractivity contribution < 1.29 is 13.5 Å². The molecular weight excluding hydrogens is 330 g/mol. The summed E-state index contributed by atoms with van der Waals surface area (Å²) in [6.45, 7) is 0. The molecule has 2 fully saturated rings. The summed E-state index contributed by atoms with van der Waals surface area (Å²) in [5.74, 6) is 4.75. The first-order valence-electron chi connectivity index (χ1n) is 6.84. The predicted octanol–water partition coefficient (Wildman–Crippen LogP) is 2.67. The van der Waals surface area contributed by atoms with Crippen LogP contribution in [-0.2, 0) is 11.2 Å². The van der Waals surface area contributed by atoms with Crippen LogP contribution >= 0.6 is 15.9 Å². The monoisotopic (exact) mass is 346 g/mol. The summed E-state index contributed by atoms with van der Waals surface area (Å²) >= 11 is 3.09. The van der Waals surface area contributed by atoms with Crippen LogP contribution in [0.15, 0.2) is 16.6 Å². The molecule has 0 saturated carbocycles. The second-order valence-corrected chi connectivity index (χ2v) is 6.43. The van der Waals surface area contributed by atoms with Gasteiger partial charge in [0.15, 0.2) is 0 Å². The van der Waals surface area contributed by atoms with Crippen LogP contribution in [0.1, 0.15) is 24.8 Å². The number of hydrazine groups is 1. The molecule has 20 heavy (non-hydrogen) atoms. The Morgan fingerprint density at radius 3 is 2.80 bits per heavy atom. The van der Waals surface area contributed by atoms with Gasteiger partial charge >= 0.3 is 0 Å². The number of hydrogen-bond donors (Lipinski definition) is 2. The molecule has 2 aliphatic rings. The third-order valence-corrected chi connectivity index (χ3v) is 5.06. The predicted molar refractivity (Wildman–Crippen MR) is 74.9 cm³/mol. The van der Waals surface area contributed by atoms with E-state index in [1.807, 2.05) is 0 Å². The molecule has 110 valence electrons. The van der Waals surface area contributed by atoms with E-state index in [2.05, 4.69) is 21.4 Å². The minimum Gasteiger partial charge on any atom is -0.375 e. The van der Waals surface area contributed by atoms with Crippen molar-refractivity contribution >= 4 is 15.9 Å². The lowest BCUT2D eigenvalue weighted by Gasteiger charge is -2.28. The molecule has 4 unspecified atom stereocenters. The van der Waals surface area contributed by atoms with Crippen LogP contribution in [0.4, 0.5) is 8.78 Å². The molecule has 0 amide bonds. The molecule has 1 aromatic rings. The van der Waals surface area contributed by atoms with Gasteiger partial charge in [-0.25, -0.2) is 8.78 Å². The Hall–Kier alpha value is -0.560. The molecule has 0 aliphatic carbocycles. The average molecular weight is 347 g/mol. The summed E-state index contributed by atoms with van der Waals surface area (Å²) in [5.41, 5.74) is 2.80. The van der Waals surface area contributed by atoms with Gasteiger partial charge in [-0.15, -0.1) is 0 Å². The molecular formula is C14H17BrF2N2O. The Morgan fingerprint density at radius 2 is 2.20 bits per heavy atom. The quantitative estimate of drug-likeness (QED) is 0.500. The zero-order valence-corrected chi connectivity index (χ0v) is 12.5. The fraction of sp³-hybridized carbons (Fsp3) is 0.571. The van der Waals surface area contributed by atoms with Crippen LogP contribution in [0, 0.1) is 17.6 Å². The third kappa shape index (κ3) is 2.50. The van der Waals surface area contributed by atoms with Crippen LogP contribution in [0.2, 0.25) is 0 Å². The van der Waals surface area contributed by atoms with E-state index in [-0.39, 0.29) is 40.6 Å². The molecule has 2 aliphatic heterocycles. The number of halogens is 3. The fourth-order valence-corrected chi connectivity index (χ4v) is 3.78. The first kappa shape index (κ1) is 14.4. The van der Waals surface area contributed by atoms with Crippen LogP contribution in [0.25, 0.3) is 0 Å². The summed E-state index contributed by atoms with van der Waals surface area (Å²) in [5, 5.41) is 0. The van der Waals surface area contributed by atoms with Crippen LogP contribution in [0.3, 0.4) is 0 Å². The molecule has 0 radical (unpaired) electrons. The zero-order chi connectivity index (χ0) is 14.3. The number of nitrogens with one attached hydrogen (secondary N) is 1. The van der Waals surface area contributed by atoms with Gasteiger partial charge in [-0.1, -0.05) is 0 Å². The molecule has 1 aromatic carbocycles. The normalized spacial score (nSPS) is 29.9. The summed E-state index contributed by atoms with van der Waals surface area (Å²) in [4.78, 5) is 0. The third-order valence-electron chi connectivity index (χ3n) is 4.45. The van der Waals surface area contributed by atoms with Crippen molar-refractivity contribution in [1.82, 2.24) is 5.43 Å². The maximum Gasteiger partial charge on any atom is 0.143 e. The van der Waals surface area contributed by atoms with Crippen LogP contribution in [0.5, 0.6) is 0 Å². The first-order valence-corrected chi connectivity index (χ1v) is 7.63. The zero-order valence-electron chi connectivity index (χ0n) is 10.9. The highest BCUT2D eigenvalue weighted by atomic mass is 79.9. The summed E-state index contributed by atoms with van der Waals surface area (Å²) < 4.78 is 34.0. The number of benzene rings is 1. The lowest BCUT2D eigenvalue weighted by Crippen LogP contribution is -2.46. The van der Waals surface area contributed by atoms with Gasteiger partial charge < -0.3 is 4.74 Å². The van der Waals surface area contributed by atoms with Gasteiger partial charge in [-0.05, 0) is 53.7 Å². The van der Waals surface area contributed by atoms with Crippen LogP contribution in [-0.4, -0.2) is 18.2 Å². The van der Waals surface area contributed by atoms with E-state index in [1.54, 1.807) is 0 Å². The van der Waals surface area contributed by atoms with Gasteiger partial charge in [0, 0.05) is 17.5 Å². The van der Waals surface area contributed by atoms with Crippen molar-refractivity contribution in [2.75, 3.05) is 0 Å². The van der Waals surface area contributed by atoms with E-state index in [0.717, 1.165) is 19.3 Å². The van der Waals surface area contributed by atoms with Gasteiger partial charge in [0.25, 0.3) is 0 Å². The van der Waals surface area contributed by atoms with E-state index >= 15 is 0 Å². The number of nitrogens with two attached hydrogens (primary N) is 1. The lowest BCUT2D eigenvalue weighted by molar-refractivity contribution is 0.0855. The number of fused-ring (bicyclic) bond motifs is 2. The summed E-state index contributed by atoms with van der Waals surface area (Å²) in [6.07, 6.45) is 3.69. The maximum absolute atomic E-state index is 14.0. The molecule has 0 spiro atoms. The second-order valence-electron chi connectivity index (χ2n) is 5.57. The molecule has 3 rings (SSSR count). The van der Waals surface area contributed by atoms with Crippen molar-refractivity contribution in [2.45, 2.75) is 43.9 Å². The number of rotatable bonds is 4. The van der Waals surface area contributed by atoms with Crippen molar-refractivity contribution in [2.24, 2.45) is 11.8 Å². The summed E-state index contributed by atoms with van der Waals surface area (Å²) in [7, 11) is 0. The Kier molecular flexibility index (Phi) is 4.08. The van der Waals surface area contributed by atoms with Gasteiger partial charge in [0.05, 0.1) is 16.7 Å². The minimum absolute atomic E-state index is 0.0742. The van der Waals surface area contributed by atoms with E-state index in [0.29, 0.717) is 0 Å². The maximum atomic E-state index is 14.0. The molecule has 4 atom stereocenters. The molecule has 2 heterocycles. The van der Waals surface area contributed by atoms with E-state index in [1.165, 1.54) is 12.1 Å². The Labute approximate surface area is 125 Å². The number of hydrogen-bond acceptors (Lipinski definition) is 3. The fourth-order valence-electron chi connectivity index (χ4n) is 3.41. The van der Waals surface area contributed by atoms with Crippen molar-refractivity contribution in [3.63, 3.8) is 0 Å². The molecule has 2 bridgehead atoms. The second kappa shape index (κ2) is 5.67. The van der Waals surface area contributed by atoms with Crippen molar-refractivity contribution in [3.05, 3.63) is 33.8 Å². The van der Waals surface area contributed by atoms with Gasteiger partial charge in [-0.2, -0.15) is 0 Å². The molecule has 3 nitrogen and oxygen atoms in total. The number of ether oxygens (including phenoxy) is 1. The van der Waals surface area contributed by atoms with Gasteiger partial charge in [-0.3, -0.25) is 11.3 Å². The largest absolute Gasteiger partial charge is 0.375 e. The highest BCUT2D eigenvalue weighted by Gasteiger charge is 2.44. The highest BCUT2D eigenvalue weighted by Crippen LogP contribution is 2.41.